The van der Waals surface area contributed by atoms with Gasteiger partial charge in [0.15, 0.2) is 0 Å². The van der Waals surface area contributed by atoms with Crippen molar-refractivity contribution in [2.24, 2.45) is 0 Å². The molecule has 1 atom stereocenters. The van der Waals surface area contributed by atoms with Gasteiger partial charge in [0.2, 0.25) is 5.91 Å². The van der Waals surface area contributed by atoms with E-state index in [1.807, 2.05) is 24.3 Å². The van der Waals surface area contributed by atoms with Gasteiger partial charge in [-0.25, -0.2) is 4.98 Å². The van der Waals surface area contributed by atoms with Gasteiger partial charge in [-0.05, 0) is 77.7 Å². The molecule has 0 radical (unpaired) electrons. The summed E-state index contributed by atoms with van der Waals surface area (Å²) in [5.74, 6) is 0.124. The molecule has 3 amide bonds. The van der Waals surface area contributed by atoms with Crippen LogP contribution in [0.1, 0.15) is 55.6 Å². The highest BCUT2D eigenvalue weighted by molar-refractivity contribution is 7.12. The number of rotatable bonds is 7. The standard InChI is InChI=1S/C29H24ClN5O3S/c30-22-13-17(4-7-21(22)27(36)34-25-14-19(8-11-32-25)18-5-6-18)16-35-24(15-20-3-1-2-10-31-20)28(37)33-23-9-12-39-26(23)29(35)38/h1-4,7-14,18,24H,5-6,15-16H2,(H,33,37)(H,32,34,36). The third-order valence-corrected chi connectivity index (χ3v) is 8.11. The van der Waals surface area contributed by atoms with Gasteiger partial charge in [0, 0.05) is 31.1 Å². The van der Waals surface area contributed by atoms with E-state index in [0.29, 0.717) is 39.1 Å². The van der Waals surface area contributed by atoms with E-state index in [4.69, 9.17) is 11.6 Å². The van der Waals surface area contributed by atoms with Crippen LogP contribution in [-0.2, 0) is 17.8 Å². The van der Waals surface area contributed by atoms with Gasteiger partial charge in [-0.3, -0.25) is 19.4 Å². The first-order valence-electron chi connectivity index (χ1n) is 12.6. The SMILES string of the molecule is O=C(Nc1cc(C2CC2)ccn1)c1ccc(CN2C(=O)c3sccc3NC(=O)C2Cc2ccccn2)cc1Cl. The molecule has 6 rings (SSSR count). The topological polar surface area (TPSA) is 104 Å². The molecule has 10 heteroatoms. The number of fused-ring (bicyclic) bond motifs is 1. The number of halogens is 1. The average Bonchev–Trinajstić information content (AvgIpc) is 3.70. The molecule has 0 saturated heterocycles. The molecular weight excluding hydrogens is 534 g/mol. The van der Waals surface area contributed by atoms with Crippen LogP contribution in [0.25, 0.3) is 0 Å². The predicted molar refractivity (Wildman–Crippen MR) is 150 cm³/mol. The van der Waals surface area contributed by atoms with Crippen molar-refractivity contribution < 1.29 is 14.4 Å². The highest BCUT2D eigenvalue weighted by Crippen LogP contribution is 2.40. The second-order valence-corrected chi connectivity index (χ2v) is 11.0. The molecule has 0 spiro atoms. The van der Waals surface area contributed by atoms with E-state index in [0.717, 1.165) is 12.8 Å². The third-order valence-electron chi connectivity index (χ3n) is 6.89. The molecule has 4 heterocycles. The number of pyridine rings is 2. The van der Waals surface area contributed by atoms with E-state index in [9.17, 15) is 14.4 Å². The Labute approximate surface area is 234 Å². The molecule has 1 aliphatic carbocycles. The highest BCUT2D eigenvalue weighted by Gasteiger charge is 2.36. The van der Waals surface area contributed by atoms with Gasteiger partial charge >= 0.3 is 0 Å². The summed E-state index contributed by atoms with van der Waals surface area (Å²) in [5.41, 5.74) is 3.36. The van der Waals surface area contributed by atoms with Gasteiger partial charge < -0.3 is 15.5 Å². The Kier molecular flexibility index (Phi) is 6.85. The molecule has 4 aromatic rings. The van der Waals surface area contributed by atoms with Crippen molar-refractivity contribution in [1.82, 2.24) is 14.9 Å². The highest BCUT2D eigenvalue weighted by atomic mass is 35.5. The van der Waals surface area contributed by atoms with E-state index in [1.165, 1.54) is 16.9 Å². The summed E-state index contributed by atoms with van der Waals surface area (Å²) in [6.07, 6.45) is 5.93. The van der Waals surface area contributed by atoms with Crippen molar-refractivity contribution >= 4 is 52.2 Å². The Balaban J connectivity index is 1.24. The molecule has 1 unspecified atom stereocenters. The van der Waals surface area contributed by atoms with Gasteiger partial charge in [-0.1, -0.05) is 23.7 Å². The number of aromatic nitrogens is 2. The first kappa shape index (κ1) is 25.2. The third kappa shape index (κ3) is 5.41. The van der Waals surface area contributed by atoms with Crippen molar-refractivity contribution in [3.8, 4) is 0 Å². The lowest BCUT2D eigenvalue weighted by Crippen LogP contribution is -2.46. The second-order valence-electron chi connectivity index (χ2n) is 9.64. The molecule has 196 valence electrons. The first-order valence-corrected chi connectivity index (χ1v) is 13.9. The molecule has 0 bridgehead atoms. The average molecular weight is 558 g/mol. The Morgan fingerprint density at radius 1 is 1.08 bits per heavy atom. The summed E-state index contributed by atoms with van der Waals surface area (Å²) in [6.45, 7) is 0.133. The number of anilines is 2. The summed E-state index contributed by atoms with van der Waals surface area (Å²) in [7, 11) is 0. The van der Waals surface area contributed by atoms with Crippen molar-refractivity contribution in [3.63, 3.8) is 0 Å². The smallest absolute Gasteiger partial charge is 0.267 e. The Hall–Kier alpha value is -4.08. The number of carbonyl (C=O) groups excluding carboxylic acids is 3. The minimum atomic E-state index is -0.779. The summed E-state index contributed by atoms with van der Waals surface area (Å²) in [4.78, 5) is 50.5. The van der Waals surface area contributed by atoms with E-state index >= 15 is 0 Å². The fourth-order valence-corrected chi connectivity index (χ4v) is 5.81. The number of nitrogens with zero attached hydrogens (tertiary/aromatic N) is 3. The lowest BCUT2D eigenvalue weighted by Gasteiger charge is -2.28. The van der Waals surface area contributed by atoms with E-state index in [1.54, 1.807) is 53.0 Å². The molecule has 1 aromatic carbocycles. The van der Waals surface area contributed by atoms with Crippen LogP contribution in [0.4, 0.5) is 11.5 Å². The first-order chi connectivity index (χ1) is 19.0. The second kappa shape index (κ2) is 10.6. The minimum Gasteiger partial charge on any atom is -0.323 e. The van der Waals surface area contributed by atoms with E-state index in [-0.39, 0.29) is 35.7 Å². The number of hydrogen-bond acceptors (Lipinski definition) is 6. The van der Waals surface area contributed by atoms with Gasteiger partial charge in [-0.15, -0.1) is 11.3 Å². The van der Waals surface area contributed by atoms with Crippen LogP contribution in [0.5, 0.6) is 0 Å². The zero-order valence-corrected chi connectivity index (χ0v) is 22.3. The van der Waals surface area contributed by atoms with E-state index < -0.39 is 6.04 Å². The maximum absolute atomic E-state index is 13.6. The molecule has 39 heavy (non-hydrogen) atoms. The minimum absolute atomic E-state index is 0.133. The molecule has 1 saturated carbocycles. The Morgan fingerprint density at radius 2 is 1.95 bits per heavy atom. The van der Waals surface area contributed by atoms with Gasteiger partial charge in [-0.2, -0.15) is 0 Å². The van der Waals surface area contributed by atoms with Crippen LogP contribution in [0.15, 0.2) is 72.4 Å². The number of hydrogen-bond donors (Lipinski definition) is 2. The lowest BCUT2D eigenvalue weighted by atomic mass is 10.1. The summed E-state index contributed by atoms with van der Waals surface area (Å²) in [6, 6.07) is 15.3. The van der Waals surface area contributed by atoms with Crippen molar-refractivity contribution in [2.45, 2.75) is 37.8 Å². The van der Waals surface area contributed by atoms with Crippen LogP contribution in [0.2, 0.25) is 5.02 Å². The molecule has 8 nitrogen and oxygen atoms in total. The number of nitrogens with one attached hydrogen (secondary N) is 2. The molecule has 3 aromatic heterocycles. The molecule has 2 aliphatic rings. The van der Waals surface area contributed by atoms with Crippen LogP contribution in [0.3, 0.4) is 0 Å². The van der Waals surface area contributed by atoms with Crippen LogP contribution >= 0.6 is 22.9 Å². The Morgan fingerprint density at radius 3 is 2.72 bits per heavy atom. The number of amides is 3. The van der Waals surface area contributed by atoms with Crippen LogP contribution in [-0.4, -0.2) is 38.6 Å². The number of carbonyl (C=O) groups is 3. The largest absolute Gasteiger partial charge is 0.323 e. The van der Waals surface area contributed by atoms with Gasteiger partial charge in [0.1, 0.15) is 16.7 Å². The zero-order chi connectivity index (χ0) is 26.9. The number of benzene rings is 1. The van der Waals surface area contributed by atoms with Crippen molar-refractivity contribution in [3.05, 3.63) is 105 Å². The zero-order valence-electron chi connectivity index (χ0n) is 20.8. The fraction of sp³-hybridized carbons (Fsp3) is 0.207. The summed E-state index contributed by atoms with van der Waals surface area (Å²) in [5, 5.41) is 7.74. The predicted octanol–water partition coefficient (Wildman–Crippen LogP) is 5.53. The Bertz CT molecular complexity index is 1570. The monoisotopic (exact) mass is 557 g/mol. The van der Waals surface area contributed by atoms with Crippen molar-refractivity contribution in [1.29, 1.82) is 0 Å². The quantitative estimate of drug-likeness (QED) is 0.311. The fourth-order valence-electron chi connectivity index (χ4n) is 4.71. The molecular formula is C29H24ClN5O3S. The maximum Gasteiger partial charge on any atom is 0.267 e. The van der Waals surface area contributed by atoms with Gasteiger partial charge in [0.25, 0.3) is 11.8 Å². The van der Waals surface area contributed by atoms with Crippen LogP contribution in [0, 0.1) is 0 Å². The summed E-state index contributed by atoms with van der Waals surface area (Å²) < 4.78 is 0. The normalized spacial score (nSPS) is 16.8. The van der Waals surface area contributed by atoms with Crippen LogP contribution < -0.4 is 10.6 Å². The molecule has 1 aliphatic heterocycles. The lowest BCUT2D eigenvalue weighted by molar-refractivity contribution is -0.120. The molecule has 2 N–H and O–H groups in total. The van der Waals surface area contributed by atoms with Crippen molar-refractivity contribution in [2.75, 3.05) is 10.6 Å². The number of thiophene rings is 1. The maximum atomic E-state index is 13.6. The van der Waals surface area contributed by atoms with Gasteiger partial charge in [0.05, 0.1) is 16.3 Å². The summed E-state index contributed by atoms with van der Waals surface area (Å²) >= 11 is 7.84. The molecule has 1 fully saturated rings. The van der Waals surface area contributed by atoms with E-state index in [2.05, 4.69) is 20.6 Å².